The van der Waals surface area contributed by atoms with Crippen LogP contribution in [-0.2, 0) is 9.84 Å². The molecular weight excluding hydrogens is 356 g/mol. The van der Waals surface area contributed by atoms with E-state index in [1.807, 2.05) is 4.90 Å². The molecule has 0 unspecified atom stereocenters. The summed E-state index contributed by atoms with van der Waals surface area (Å²) in [5, 5.41) is 9.24. The molecule has 2 aliphatic heterocycles. The zero-order valence-corrected chi connectivity index (χ0v) is 15.0. The van der Waals surface area contributed by atoms with Gasteiger partial charge in [0.2, 0.25) is 0 Å². The zero-order valence-electron chi connectivity index (χ0n) is 14.2. The van der Waals surface area contributed by atoms with Gasteiger partial charge in [0.05, 0.1) is 35.2 Å². The predicted octanol–water partition coefficient (Wildman–Crippen LogP) is -0.454. The number of benzene rings is 1. The highest BCUT2D eigenvalue weighted by Crippen LogP contribution is 2.28. The molecule has 138 valence electrons. The van der Waals surface area contributed by atoms with Crippen molar-refractivity contribution in [2.24, 2.45) is 0 Å². The van der Waals surface area contributed by atoms with E-state index in [9.17, 15) is 18.3 Å². The molecule has 0 radical (unpaired) electrons. The first-order valence-electron chi connectivity index (χ1n) is 8.55. The van der Waals surface area contributed by atoms with Gasteiger partial charge in [0.15, 0.2) is 9.84 Å². The molecule has 1 amide bonds. The number of fused-ring (bicyclic) bond motifs is 2. The average Bonchev–Trinajstić information content (AvgIpc) is 2.96. The summed E-state index contributed by atoms with van der Waals surface area (Å²) < 4.78 is 24.4. The smallest absolute Gasteiger partial charge is 0.254 e. The number of hydrogen-bond donors (Lipinski definition) is 1. The summed E-state index contributed by atoms with van der Waals surface area (Å²) in [6, 6.07) is 4.51. The number of piperazine rings is 1. The number of β-amino-alcohol motifs (C(OH)–C–C–N with tert-alkyl or cyclic N) is 1. The van der Waals surface area contributed by atoms with Gasteiger partial charge in [-0.15, -0.1) is 0 Å². The second-order valence-corrected chi connectivity index (χ2v) is 8.88. The Morgan fingerprint density at radius 1 is 1.12 bits per heavy atom. The molecule has 3 heterocycles. The molecule has 1 aromatic heterocycles. The summed E-state index contributed by atoms with van der Waals surface area (Å²) in [5.74, 6) is -0.183. The van der Waals surface area contributed by atoms with Gasteiger partial charge in [0.25, 0.3) is 5.91 Å². The highest BCUT2D eigenvalue weighted by Gasteiger charge is 2.47. The van der Waals surface area contributed by atoms with Crippen LogP contribution in [-0.4, -0.2) is 89.0 Å². The molecule has 2 aromatic rings. The Bertz CT molecular complexity index is 949. The van der Waals surface area contributed by atoms with Crippen molar-refractivity contribution in [2.45, 2.75) is 12.1 Å². The lowest BCUT2D eigenvalue weighted by molar-refractivity contribution is 0.0281. The largest absolute Gasteiger partial charge is 0.395 e. The van der Waals surface area contributed by atoms with Crippen molar-refractivity contribution < 1.29 is 18.3 Å². The Balaban J connectivity index is 1.64. The third-order valence-corrected chi connectivity index (χ3v) is 6.85. The Morgan fingerprint density at radius 3 is 2.62 bits per heavy atom. The van der Waals surface area contributed by atoms with Crippen LogP contribution in [0.5, 0.6) is 0 Å². The summed E-state index contributed by atoms with van der Waals surface area (Å²) in [5.41, 5.74) is 1.82. The van der Waals surface area contributed by atoms with E-state index in [1.54, 1.807) is 35.5 Å². The minimum absolute atomic E-state index is 0.0272. The molecule has 9 heteroatoms. The number of nitrogens with zero attached hydrogens (tertiary/aromatic N) is 4. The topological polar surface area (TPSA) is 104 Å². The number of carbonyl (C=O) groups is 1. The lowest BCUT2D eigenvalue weighted by Gasteiger charge is -2.43. The van der Waals surface area contributed by atoms with Crippen LogP contribution in [0.25, 0.3) is 11.0 Å². The number of hydrogen-bond acceptors (Lipinski definition) is 7. The van der Waals surface area contributed by atoms with Crippen molar-refractivity contribution in [3.8, 4) is 0 Å². The molecule has 2 aliphatic rings. The minimum atomic E-state index is -3.20. The molecular formula is C17H20N4O4S. The number of carbonyl (C=O) groups excluding carboxylic acids is 1. The summed E-state index contributed by atoms with van der Waals surface area (Å²) in [7, 11) is -3.20. The standard InChI is InChI=1S/C17H20N4O4S/c22-8-7-20-5-6-21(16-11-26(24,25)10-15(16)20)17(23)12-1-2-13-14(9-12)19-4-3-18-13/h1-4,9,15-16,22H,5-8,10-11H2/t15-,16+/m0/s1. The van der Waals surface area contributed by atoms with Gasteiger partial charge in [-0.25, -0.2) is 8.42 Å². The molecule has 0 aliphatic carbocycles. The molecule has 0 saturated carbocycles. The van der Waals surface area contributed by atoms with Crippen LogP contribution in [0.1, 0.15) is 10.4 Å². The third-order valence-electron chi connectivity index (χ3n) is 5.16. The molecule has 0 bridgehead atoms. The number of amides is 1. The van der Waals surface area contributed by atoms with Gasteiger partial charge in [-0.3, -0.25) is 19.7 Å². The monoisotopic (exact) mass is 376 g/mol. The van der Waals surface area contributed by atoms with E-state index in [1.165, 1.54) is 0 Å². The fraction of sp³-hybridized carbons (Fsp3) is 0.471. The van der Waals surface area contributed by atoms with Gasteiger partial charge in [-0.05, 0) is 18.2 Å². The van der Waals surface area contributed by atoms with Crippen molar-refractivity contribution in [1.29, 1.82) is 0 Å². The maximum Gasteiger partial charge on any atom is 0.254 e. The second-order valence-electron chi connectivity index (χ2n) is 6.73. The Labute approximate surface area is 151 Å². The lowest BCUT2D eigenvalue weighted by Crippen LogP contribution is -2.61. The maximum atomic E-state index is 13.1. The molecule has 2 saturated heterocycles. The number of rotatable bonds is 3. The lowest BCUT2D eigenvalue weighted by atomic mass is 10.0. The minimum Gasteiger partial charge on any atom is -0.395 e. The van der Waals surface area contributed by atoms with Gasteiger partial charge >= 0.3 is 0 Å². The number of sulfone groups is 1. The normalized spacial score (nSPS) is 25.3. The van der Waals surface area contributed by atoms with Gasteiger partial charge in [-0.2, -0.15) is 0 Å². The number of aliphatic hydroxyl groups is 1. The average molecular weight is 376 g/mol. The molecule has 26 heavy (non-hydrogen) atoms. The highest BCUT2D eigenvalue weighted by molar-refractivity contribution is 7.91. The fourth-order valence-electron chi connectivity index (χ4n) is 3.95. The quantitative estimate of drug-likeness (QED) is 0.773. The van der Waals surface area contributed by atoms with E-state index in [0.29, 0.717) is 36.2 Å². The van der Waals surface area contributed by atoms with Gasteiger partial charge in [0, 0.05) is 43.6 Å². The van der Waals surface area contributed by atoms with Crippen LogP contribution in [0.3, 0.4) is 0 Å². The van der Waals surface area contributed by atoms with Gasteiger partial charge in [-0.1, -0.05) is 0 Å². The molecule has 8 nitrogen and oxygen atoms in total. The molecule has 2 fully saturated rings. The SMILES string of the molecule is O=C(c1ccc2nccnc2c1)N1CCN(CCO)[C@H]2CS(=O)(=O)C[C@H]21. The summed E-state index contributed by atoms with van der Waals surface area (Å²) >= 11 is 0. The van der Waals surface area contributed by atoms with Crippen LogP contribution in [0, 0.1) is 0 Å². The first-order valence-corrected chi connectivity index (χ1v) is 10.4. The maximum absolute atomic E-state index is 13.1. The predicted molar refractivity (Wildman–Crippen MR) is 95.5 cm³/mol. The molecule has 4 rings (SSSR count). The zero-order chi connectivity index (χ0) is 18.3. The fourth-order valence-corrected chi connectivity index (χ4v) is 5.96. The van der Waals surface area contributed by atoms with E-state index in [2.05, 4.69) is 9.97 Å². The Hall–Kier alpha value is -2.10. The van der Waals surface area contributed by atoms with Crippen LogP contribution in [0.2, 0.25) is 0 Å². The highest BCUT2D eigenvalue weighted by atomic mass is 32.2. The molecule has 1 N–H and O–H groups in total. The van der Waals surface area contributed by atoms with Crippen LogP contribution >= 0.6 is 0 Å². The van der Waals surface area contributed by atoms with Crippen molar-refractivity contribution in [3.05, 3.63) is 36.2 Å². The molecule has 1 aromatic carbocycles. The third kappa shape index (κ3) is 3.06. The van der Waals surface area contributed by atoms with E-state index in [0.717, 1.165) is 0 Å². The first kappa shape index (κ1) is 17.3. The van der Waals surface area contributed by atoms with Crippen molar-refractivity contribution in [1.82, 2.24) is 19.8 Å². The van der Waals surface area contributed by atoms with Crippen molar-refractivity contribution in [3.63, 3.8) is 0 Å². The van der Waals surface area contributed by atoms with Crippen molar-refractivity contribution in [2.75, 3.05) is 37.7 Å². The van der Waals surface area contributed by atoms with Crippen molar-refractivity contribution >= 4 is 26.8 Å². The van der Waals surface area contributed by atoms with Crippen LogP contribution < -0.4 is 0 Å². The summed E-state index contributed by atoms with van der Waals surface area (Å²) in [6.45, 7) is 1.38. The molecule has 0 spiro atoms. The number of aromatic nitrogens is 2. The van der Waals surface area contributed by atoms with E-state index < -0.39 is 9.84 Å². The number of aliphatic hydroxyl groups excluding tert-OH is 1. The van der Waals surface area contributed by atoms with Gasteiger partial charge in [0.1, 0.15) is 0 Å². The molecule has 2 atom stereocenters. The summed E-state index contributed by atoms with van der Waals surface area (Å²) in [6.07, 6.45) is 3.17. The van der Waals surface area contributed by atoms with E-state index >= 15 is 0 Å². The van der Waals surface area contributed by atoms with Crippen LogP contribution in [0.4, 0.5) is 0 Å². The Kier molecular flexibility index (Phi) is 4.37. The summed E-state index contributed by atoms with van der Waals surface area (Å²) in [4.78, 5) is 25.2. The van der Waals surface area contributed by atoms with E-state index in [4.69, 9.17) is 0 Å². The Morgan fingerprint density at radius 2 is 1.85 bits per heavy atom. The first-order chi connectivity index (χ1) is 12.5. The van der Waals surface area contributed by atoms with Gasteiger partial charge < -0.3 is 10.0 Å². The van der Waals surface area contributed by atoms with E-state index in [-0.39, 0.29) is 36.1 Å². The van der Waals surface area contributed by atoms with Crippen LogP contribution in [0.15, 0.2) is 30.6 Å². The second kappa shape index (κ2) is 6.57.